The van der Waals surface area contributed by atoms with Crippen molar-refractivity contribution >= 4 is 16.3 Å². The summed E-state index contributed by atoms with van der Waals surface area (Å²) in [5, 5.41) is 0.557. The summed E-state index contributed by atoms with van der Waals surface area (Å²) < 4.78 is 32.6. The van der Waals surface area contributed by atoms with Crippen LogP contribution in [0, 0.1) is 13.8 Å². The van der Waals surface area contributed by atoms with E-state index in [-0.39, 0.29) is 0 Å². The van der Waals surface area contributed by atoms with Crippen LogP contribution in [0.5, 0.6) is 0 Å². The van der Waals surface area contributed by atoms with Crippen LogP contribution in [0.25, 0.3) is 6.08 Å². The molecule has 0 aliphatic carbocycles. The zero-order valence-corrected chi connectivity index (χ0v) is 8.81. The molecule has 0 saturated carbocycles. The van der Waals surface area contributed by atoms with E-state index in [9.17, 15) is 12.3 Å². The lowest BCUT2D eigenvalue weighted by atomic mass is 10.1. The number of halogens is 1. The van der Waals surface area contributed by atoms with Gasteiger partial charge in [-0.15, -0.1) is 3.89 Å². The SMILES string of the molecule is Cc1cc(C)cc(/C=C/S(=O)(=O)F)c1. The normalized spacial score (nSPS) is 12.2. The van der Waals surface area contributed by atoms with Crippen LogP contribution >= 0.6 is 0 Å². The van der Waals surface area contributed by atoms with Gasteiger partial charge < -0.3 is 0 Å². The largest absolute Gasteiger partial charge is 0.325 e. The second kappa shape index (κ2) is 3.92. The highest BCUT2D eigenvalue weighted by atomic mass is 32.3. The molecule has 1 aromatic carbocycles. The lowest BCUT2D eigenvalue weighted by Crippen LogP contribution is -1.83. The number of aryl methyl sites for hydroxylation is 2. The zero-order chi connectivity index (χ0) is 10.8. The molecule has 0 amide bonds. The Morgan fingerprint density at radius 3 is 2.07 bits per heavy atom. The van der Waals surface area contributed by atoms with Crippen LogP contribution in [0.3, 0.4) is 0 Å². The lowest BCUT2D eigenvalue weighted by molar-refractivity contribution is 0.563. The Morgan fingerprint density at radius 2 is 1.64 bits per heavy atom. The van der Waals surface area contributed by atoms with E-state index >= 15 is 0 Å². The first-order valence-electron chi connectivity index (χ1n) is 4.08. The highest BCUT2D eigenvalue weighted by Crippen LogP contribution is 2.11. The second-order valence-electron chi connectivity index (χ2n) is 3.20. The summed E-state index contributed by atoms with van der Waals surface area (Å²) in [6.07, 6.45) is 1.25. The maximum Gasteiger partial charge on any atom is 0.325 e. The molecule has 0 radical (unpaired) electrons. The van der Waals surface area contributed by atoms with Crippen LogP contribution in [0.1, 0.15) is 16.7 Å². The molecule has 0 atom stereocenters. The van der Waals surface area contributed by atoms with Crippen LogP contribution in [0.15, 0.2) is 23.6 Å². The fourth-order valence-corrected chi connectivity index (χ4v) is 1.59. The Bertz CT molecular complexity index is 441. The predicted molar refractivity (Wildman–Crippen MR) is 55.0 cm³/mol. The third-order valence-electron chi connectivity index (χ3n) is 1.67. The van der Waals surface area contributed by atoms with Gasteiger partial charge in [0.25, 0.3) is 0 Å². The molecule has 2 nitrogen and oxygen atoms in total. The van der Waals surface area contributed by atoms with Crippen molar-refractivity contribution in [2.45, 2.75) is 13.8 Å². The molecule has 76 valence electrons. The van der Waals surface area contributed by atoms with Crippen LogP contribution in [-0.4, -0.2) is 8.42 Å². The Morgan fingerprint density at radius 1 is 1.14 bits per heavy atom. The minimum absolute atomic E-state index is 0.557. The molecule has 0 saturated heterocycles. The topological polar surface area (TPSA) is 34.1 Å². The van der Waals surface area contributed by atoms with Gasteiger partial charge in [-0.25, -0.2) is 0 Å². The summed E-state index contributed by atoms with van der Waals surface area (Å²) in [5.41, 5.74) is 2.71. The lowest BCUT2D eigenvalue weighted by Gasteiger charge is -1.98. The number of benzene rings is 1. The quantitative estimate of drug-likeness (QED) is 0.709. The summed E-state index contributed by atoms with van der Waals surface area (Å²) in [6, 6.07) is 5.53. The third kappa shape index (κ3) is 3.70. The first-order valence-corrected chi connectivity index (χ1v) is 5.52. The predicted octanol–water partition coefficient (Wildman–Crippen LogP) is 2.57. The Balaban J connectivity index is 3.04. The van der Waals surface area contributed by atoms with Gasteiger partial charge in [-0.1, -0.05) is 29.3 Å². The van der Waals surface area contributed by atoms with Gasteiger partial charge in [-0.3, -0.25) is 0 Å². The molecule has 4 heteroatoms. The molecular formula is C10H11FO2S. The highest BCUT2D eigenvalue weighted by molar-refractivity contribution is 7.89. The Labute approximate surface area is 83.3 Å². The van der Waals surface area contributed by atoms with Gasteiger partial charge in [0.05, 0.1) is 5.41 Å². The van der Waals surface area contributed by atoms with Crippen molar-refractivity contribution in [3.05, 3.63) is 40.3 Å². The second-order valence-corrected chi connectivity index (χ2v) is 4.42. The molecule has 0 unspecified atom stereocenters. The molecule has 0 aliphatic heterocycles. The van der Waals surface area contributed by atoms with E-state index in [1.807, 2.05) is 19.9 Å². The smallest absolute Gasteiger partial charge is 0.190 e. The minimum atomic E-state index is -4.53. The molecule has 14 heavy (non-hydrogen) atoms. The van der Waals surface area contributed by atoms with Crippen molar-refractivity contribution in [2.75, 3.05) is 0 Å². The summed E-state index contributed by atoms with van der Waals surface area (Å²) in [7, 11) is -4.53. The molecule has 1 aromatic rings. The summed E-state index contributed by atoms with van der Waals surface area (Å²) >= 11 is 0. The van der Waals surface area contributed by atoms with Crippen molar-refractivity contribution in [3.63, 3.8) is 0 Å². The molecule has 1 rings (SSSR count). The summed E-state index contributed by atoms with van der Waals surface area (Å²) in [5.74, 6) is 0. The minimum Gasteiger partial charge on any atom is -0.190 e. The molecule has 0 bridgehead atoms. The van der Waals surface area contributed by atoms with Crippen LogP contribution < -0.4 is 0 Å². The van der Waals surface area contributed by atoms with Gasteiger partial charge in [-0.05, 0) is 25.5 Å². The Kier molecular flexibility index (Phi) is 3.06. The Hall–Kier alpha value is -1.16. The molecule has 0 spiro atoms. The van der Waals surface area contributed by atoms with E-state index in [4.69, 9.17) is 0 Å². The van der Waals surface area contributed by atoms with Gasteiger partial charge in [-0.2, -0.15) is 8.42 Å². The highest BCUT2D eigenvalue weighted by Gasteiger charge is 1.99. The van der Waals surface area contributed by atoms with Gasteiger partial charge in [0.1, 0.15) is 0 Å². The first kappa shape index (κ1) is 10.9. The fourth-order valence-electron chi connectivity index (χ4n) is 1.27. The fraction of sp³-hybridized carbons (Fsp3) is 0.200. The van der Waals surface area contributed by atoms with Crippen molar-refractivity contribution in [1.82, 2.24) is 0 Å². The average molecular weight is 214 g/mol. The van der Waals surface area contributed by atoms with E-state index in [2.05, 4.69) is 0 Å². The standard InChI is InChI=1S/C10H11FO2S/c1-8-5-9(2)7-10(6-8)3-4-14(11,12)13/h3-7H,1-2H3/b4-3+. The summed E-state index contributed by atoms with van der Waals surface area (Å²) in [4.78, 5) is 0. The maximum atomic E-state index is 12.2. The van der Waals surface area contributed by atoms with Gasteiger partial charge >= 0.3 is 10.2 Å². The monoisotopic (exact) mass is 214 g/mol. The van der Waals surface area contributed by atoms with E-state index < -0.39 is 10.2 Å². The number of hydrogen-bond acceptors (Lipinski definition) is 2. The van der Waals surface area contributed by atoms with Crippen LogP contribution in [0.2, 0.25) is 0 Å². The van der Waals surface area contributed by atoms with E-state index in [0.29, 0.717) is 11.0 Å². The van der Waals surface area contributed by atoms with Crippen LogP contribution in [-0.2, 0) is 10.2 Å². The summed E-state index contributed by atoms with van der Waals surface area (Å²) in [6.45, 7) is 3.79. The van der Waals surface area contributed by atoms with Crippen molar-refractivity contribution in [2.24, 2.45) is 0 Å². The van der Waals surface area contributed by atoms with Gasteiger partial charge in [0.15, 0.2) is 0 Å². The molecule has 0 aliphatic rings. The van der Waals surface area contributed by atoms with E-state index in [1.165, 1.54) is 6.08 Å². The molecule has 0 fully saturated rings. The molecule has 0 N–H and O–H groups in total. The molecular weight excluding hydrogens is 203 g/mol. The molecule has 0 aromatic heterocycles. The van der Waals surface area contributed by atoms with Crippen LogP contribution in [0.4, 0.5) is 3.89 Å². The van der Waals surface area contributed by atoms with E-state index in [0.717, 1.165) is 11.1 Å². The van der Waals surface area contributed by atoms with Gasteiger partial charge in [0, 0.05) is 0 Å². The number of hydrogen-bond donors (Lipinski definition) is 0. The zero-order valence-electron chi connectivity index (χ0n) is 7.99. The van der Waals surface area contributed by atoms with E-state index in [1.54, 1.807) is 12.1 Å². The number of rotatable bonds is 2. The van der Waals surface area contributed by atoms with Crippen molar-refractivity contribution < 1.29 is 12.3 Å². The van der Waals surface area contributed by atoms with Crippen molar-refractivity contribution in [1.29, 1.82) is 0 Å². The first-order chi connectivity index (χ1) is 6.37. The van der Waals surface area contributed by atoms with Gasteiger partial charge in [0.2, 0.25) is 0 Å². The molecule has 0 heterocycles. The third-order valence-corrected chi connectivity index (χ3v) is 2.13. The average Bonchev–Trinajstić information content (AvgIpc) is 1.97. The maximum absolute atomic E-state index is 12.2. The van der Waals surface area contributed by atoms with Crippen molar-refractivity contribution in [3.8, 4) is 0 Å².